The van der Waals surface area contributed by atoms with E-state index >= 15 is 0 Å². The molecule has 3 N–H and O–H groups in total. The summed E-state index contributed by atoms with van der Waals surface area (Å²) in [7, 11) is 0. The van der Waals surface area contributed by atoms with E-state index in [1.54, 1.807) is 48.5 Å². The molecule has 0 spiro atoms. The molecule has 0 bridgehead atoms. The van der Waals surface area contributed by atoms with Crippen LogP contribution >= 0.6 is 11.3 Å². The van der Waals surface area contributed by atoms with Crippen LogP contribution in [0.15, 0.2) is 66.0 Å². The summed E-state index contributed by atoms with van der Waals surface area (Å²) in [5.41, 5.74) is 1.45. The van der Waals surface area contributed by atoms with E-state index in [2.05, 4.69) is 10.6 Å². The van der Waals surface area contributed by atoms with Crippen molar-refractivity contribution in [2.45, 2.75) is 0 Å². The lowest BCUT2D eigenvalue weighted by Crippen LogP contribution is -2.13. The second-order valence-electron chi connectivity index (χ2n) is 5.35. The molecule has 0 saturated heterocycles. The van der Waals surface area contributed by atoms with Gasteiger partial charge in [0.2, 0.25) is 0 Å². The number of thiophene rings is 1. The molecule has 0 atom stereocenters. The number of nitrogens with one attached hydrogen (secondary N) is 2. The number of rotatable bonds is 5. The van der Waals surface area contributed by atoms with Crippen molar-refractivity contribution in [1.82, 2.24) is 0 Å². The van der Waals surface area contributed by atoms with E-state index in [1.165, 1.54) is 23.5 Å². The summed E-state index contributed by atoms with van der Waals surface area (Å²) in [4.78, 5) is 35.8. The quantitative estimate of drug-likeness (QED) is 0.637. The summed E-state index contributed by atoms with van der Waals surface area (Å²) in [5.74, 6) is -1.64. The van der Waals surface area contributed by atoms with Gasteiger partial charge in [-0.1, -0.05) is 12.1 Å². The molecule has 0 aliphatic heterocycles. The summed E-state index contributed by atoms with van der Waals surface area (Å²) in [5, 5.41) is 16.2. The van der Waals surface area contributed by atoms with Gasteiger partial charge in [-0.3, -0.25) is 9.59 Å². The minimum absolute atomic E-state index is 0.0921. The van der Waals surface area contributed by atoms with Crippen molar-refractivity contribution in [3.8, 4) is 0 Å². The topological polar surface area (TPSA) is 95.5 Å². The third-order valence-electron chi connectivity index (χ3n) is 3.52. The third-order valence-corrected chi connectivity index (χ3v) is 4.39. The predicted octanol–water partition coefficient (Wildman–Crippen LogP) is 3.95. The maximum atomic E-state index is 12.3. The van der Waals surface area contributed by atoms with Crippen LogP contribution in [0.1, 0.15) is 30.4 Å². The van der Waals surface area contributed by atoms with Gasteiger partial charge < -0.3 is 15.7 Å². The van der Waals surface area contributed by atoms with E-state index in [9.17, 15) is 14.4 Å². The van der Waals surface area contributed by atoms with Gasteiger partial charge in [0.1, 0.15) is 0 Å². The first-order valence-corrected chi connectivity index (χ1v) is 8.50. The Hall–Kier alpha value is -3.45. The van der Waals surface area contributed by atoms with E-state index in [0.717, 1.165) is 0 Å². The number of amides is 2. The second-order valence-corrected chi connectivity index (χ2v) is 6.30. The molecule has 1 aromatic heterocycles. The van der Waals surface area contributed by atoms with Crippen molar-refractivity contribution in [1.29, 1.82) is 0 Å². The number of benzene rings is 2. The Labute approximate surface area is 153 Å². The highest BCUT2D eigenvalue weighted by Crippen LogP contribution is 2.16. The molecule has 1 heterocycles. The molecule has 0 unspecified atom stereocenters. The molecule has 3 aromatic rings. The number of hydrogen-bond donors (Lipinski definition) is 3. The first-order valence-electron chi connectivity index (χ1n) is 7.62. The van der Waals surface area contributed by atoms with Crippen molar-refractivity contribution < 1.29 is 19.5 Å². The van der Waals surface area contributed by atoms with Gasteiger partial charge >= 0.3 is 5.97 Å². The predicted molar refractivity (Wildman–Crippen MR) is 100 cm³/mol. The van der Waals surface area contributed by atoms with Crippen LogP contribution in [0.25, 0.3) is 0 Å². The van der Waals surface area contributed by atoms with Gasteiger partial charge in [0.25, 0.3) is 11.8 Å². The van der Waals surface area contributed by atoms with Crippen molar-refractivity contribution in [2.24, 2.45) is 0 Å². The molecule has 0 aliphatic carbocycles. The van der Waals surface area contributed by atoms with E-state index in [-0.39, 0.29) is 17.4 Å². The fraction of sp³-hybridized carbons (Fsp3) is 0. The fourth-order valence-electron chi connectivity index (χ4n) is 2.24. The summed E-state index contributed by atoms with van der Waals surface area (Å²) in [6.45, 7) is 0. The van der Waals surface area contributed by atoms with E-state index < -0.39 is 5.97 Å². The summed E-state index contributed by atoms with van der Waals surface area (Å²) in [6.07, 6.45) is 0. The molecule has 7 heteroatoms. The zero-order chi connectivity index (χ0) is 18.5. The molecule has 2 aromatic carbocycles. The third kappa shape index (κ3) is 4.14. The highest BCUT2D eigenvalue weighted by Gasteiger charge is 2.10. The average Bonchev–Trinajstić information content (AvgIpc) is 3.17. The number of carboxylic acid groups (broad SMARTS) is 1. The summed E-state index contributed by atoms with van der Waals surface area (Å²) >= 11 is 1.34. The standard InChI is InChI=1S/C19H14N2O4S/c22-17(21-15-4-1-3-13(11-15)19(24)25)12-6-8-14(9-7-12)20-18(23)16-5-2-10-26-16/h1-11H,(H,20,23)(H,21,22)(H,24,25). The fourth-order valence-corrected chi connectivity index (χ4v) is 2.86. The van der Waals surface area contributed by atoms with Crippen LogP contribution < -0.4 is 10.6 Å². The Kier molecular flexibility index (Phi) is 5.09. The molecule has 0 aliphatic rings. The molecule has 3 rings (SSSR count). The van der Waals surface area contributed by atoms with Crippen molar-refractivity contribution >= 4 is 40.5 Å². The summed E-state index contributed by atoms with van der Waals surface area (Å²) < 4.78 is 0. The average molecular weight is 366 g/mol. The Bertz CT molecular complexity index is 950. The zero-order valence-electron chi connectivity index (χ0n) is 13.4. The Morgan fingerprint density at radius 2 is 1.50 bits per heavy atom. The minimum atomic E-state index is -1.06. The molecule has 26 heavy (non-hydrogen) atoms. The summed E-state index contributed by atoms with van der Waals surface area (Å²) in [6, 6.07) is 16.0. The van der Waals surface area contributed by atoms with Crippen molar-refractivity contribution in [2.75, 3.05) is 10.6 Å². The minimum Gasteiger partial charge on any atom is -0.478 e. The van der Waals surface area contributed by atoms with Crippen LogP contribution in [0.4, 0.5) is 11.4 Å². The normalized spacial score (nSPS) is 10.2. The molecule has 130 valence electrons. The van der Waals surface area contributed by atoms with Crippen molar-refractivity contribution in [3.05, 3.63) is 82.0 Å². The largest absolute Gasteiger partial charge is 0.478 e. The van der Waals surface area contributed by atoms with Gasteiger partial charge in [0.15, 0.2) is 0 Å². The van der Waals surface area contributed by atoms with Crippen LogP contribution in [0.2, 0.25) is 0 Å². The molecular weight excluding hydrogens is 352 g/mol. The first kappa shape index (κ1) is 17.4. The molecule has 0 saturated carbocycles. The zero-order valence-corrected chi connectivity index (χ0v) is 14.2. The monoisotopic (exact) mass is 366 g/mol. The first-order chi connectivity index (χ1) is 12.5. The number of carbonyl (C=O) groups excluding carboxylic acids is 2. The van der Waals surface area contributed by atoms with Crippen LogP contribution in [0, 0.1) is 0 Å². The van der Waals surface area contributed by atoms with Crippen LogP contribution in [-0.2, 0) is 0 Å². The Morgan fingerprint density at radius 1 is 0.769 bits per heavy atom. The maximum Gasteiger partial charge on any atom is 0.335 e. The van der Waals surface area contributed by atoms with E-state index in [4.69, 9.17) is 5.11 Å². The molecule has 2 amide bonds. The van der Waals surface area contributed by atoms with Gasteiger partial charge in [-0.15, -0.1) is 11.3 Å². The van der Waals surface area contributed by atoms with Crippen LogP contribution in [0.5, 0.6) is 0 Å². The number of carbonyl (C=O) groups is 3. The lowest BCUT2D eigenvalue weighted by Gasteiger charge is -2.08. The highest BCUT2D eigenvalue weighted by molar-refractivity contribution is 7.12. The SMILES string of the molecule is O=C(O)c1cccc(NC(=O)c2ccc(NC(=O)c3cccs3)cc2)c1. The van der Waals surface area contributed by atoms with Crippen LogP contribution in [0.3, 0.4) is 0 Å². The lowest BCUT2D eigenvalue weighted by molar-refractivity contribution is 0.0696. The second kappa shape index (κ2) is 7.62. The highest BCUT2D eigenvalue weighted by atomic mass is 32.1. The number of anilines is 2. The van der Waals surface area contributed by atoms with Gasteiger partial charge in [0, 0.05) is 16.9 Å². The van der Waals surface area contributed by atoms with Crippen LogP contribution in [-0.4, -0.2) is 22.9 Å². The molecule has 0 radical (unpaired) electrons. The van der Waals surface area contributed by atoms with Gasteiger partial charge in [-0.2, -0.15) is 0 Å². The lowest BCUT2D eigenvalue weighted by atomic mass is 10.1. The molecule has 0 fully saturated rings. The Balaban J connectivity index is 1.66. The molecular formula is C19H14N2O4S. The van der Waals surface area contributed by atoms with E-state index in [1.807, 2.05) is 5.38 Å². The molecule has 6 nitrogen and oxygen atoms in total. The van der Waals surface area contributed by atoms with Gasteiger partial charge in [0.05, 0.1) is 10.4 Å². The Morgan fingerprint density at radius 3 is 2.15 bits per heavy atom. The van der Waals surface area contributed by atoms with E-state index in [0.29, 0.717) is 21.8 Å². The van der Waals surface area contributed by atoms with Gasteiger partial charge in [-0.25, -0.2) is 4.79 Å². The number of aromatic carboxylic acids is 1. The number of carboxylic acids is 1. The number of hydrogen-bond acceptors (Lipinski definition) is 4. The van der Waals surface area contributed by atoms with Gasteiger partial charge in [-0.05, 0) is 53.9 Å². The smallest absolute Gasteiger partial charge is 0.335 e. The maximum absolute atomic E-state index is 12.3. The van der Waals surface area contributed by atoms with Crippen molar-refractivity contribution in [3.63, 3.8) is 0 Å².